The molecule has 2 fully saturated rings. The molecule has 0 aromatic carbocycles. The Bertz CT molecular complexity index is 1980. The van der Waals surface area contributed by atoms with Crippen LogP contribution in [0.3, 0.4) is 0 Å². The molecular weight excluding hydrogens is 706 g/mol. The average Bonchev–Trinajstić information content (AvgIpc) is 3.72. The first-order chi connectivity index (χ1) is 26.9. The molecule has 0 amide bonds. The van der Waals surface area contributed by atoms with Gasteiger partial charge in [-0.2, -0.15) is 20.2 Å². The van der Waals surface area contributed by atoms with E-state index in [1.165, 1.54) is 0 Å². The summed E-state index contributed by atoms with van der Waals surface area (Å²) in [4.78, 5) is 32.0. The van der Waals surface area contributed by atoms with E-state index < -0.39 is 0 Å². The summed E-state index contributed by atoms with van der Waals surface area (Å²) in [6.45, 7) is 17.2. The summed E-state index contributed by atoms with van der Waals surface area (Å²) in [5.74, 6) is 3.25. The van der Waals surface area contributed by atoms with E-state index >= 15 is 0 Å². The predicted octanol–water partition coefficient (Wildman–Crippen LogP) is 1.73. The summed E-state index contributed by atoms with van der Waals surface area (Å²) in [6.07, 6.45) is 3.75. The number of fused-ring (bicyclic) bond motifs is 2. The minimum Gasteiger partial charge on any atom is -0.380 e. The largest absolute Gasteiger partial charge is 0.380 e. The molecule has 0 radical (unpaired) electrons. The van der Waals surface area contributed by atoms with Crippen LogP contribution in [0.5, 0.6) is 0 Å². The summed E-state index contributed by atoms with van der Waals surface area (Å²) in [7, 11) is 3.34. The van der Waals surface area contributed by atoms with Crippen LogP contribution >= 0.6 is 0 Å². The molecule has 0 aliphatic carbocycles. The maximum absolute atomic E-state index is 5.79. The third-order valence-electron chi connectivity index (χ3n) is 9.79. The van der Waals surface area contributed by atoms with Crippen LogP contribution in [0, 0.1) is 0 Å². The Hall–Kier alpha value is -4.53. The Morgan fingerprint density at radius 2 is 1.33 bits per heavy atom. The Balaban J connectivity index is 1.37. The zero-order chi connectivity index (χ0) is 38.3. The number of rotatable bonds is 17. The van der Waals surface area contributed by atoms with E-state index in [4.69, 9.17) is 54.1 Å². The van der Waals surface area contributed by atoms with Gasteiger partial charge in [-0.1, -0.05) is 0 Å². The summed E-state index contributed by atoms with van der Waals surface area (Å²) in [6, 6.07) is 0.567. The van der Waals surface area contributed by atoms with Crippen LogP contribution in [0.25, 0.3) is 22.1 Å². The fourth-order valence-electron chi connectivity index (χ4n) is 7.24. The zero-order valence-electron chi connectivity index (χ0n) is 32.9. The number of hydrogen-bond donors (Lipinski definition) is 3. The van der Waals surface area contributed by atoms with E-state index in [9.17, 15) is 0 Å². The number of methoxy groups -OCH3 is 2. The molecule has 19 nitrogen and oxygen atoms in total. The highest BCUT2D eigenvalue weighted by atomic mass is 16.5. The molecule has 3 N–H and O–H groups in total. The number of allylic oxidation sites excluding steroid dienone is 1. The van der Waals surface area contributed by atoms with Gasteiger partial charge >= 0.3 is 0 Å². The van der Waals surface area contributed by atoms with Crippen molar-refractivity contribution in [3.8, 4) is 0 Å². The molecule has 4 aromatic heterocycles. The fraction of sp³-hybridized carbons (Fsp3) is 0.639. The number of nitrogens with one attached hydrogen (secondary N) is 3. The topological polar surface area (TPSA) is 182 Å². The molecular formula is C36H55N15O4. The maximum Gasteiger partial charge on any atom is 0.228 e. The van der Waals surface area contributed by atoms with Gasteiger partial charge in [0.15, 0.2) is 11.6 Å². The summed E-state index contributed by atoms with van der Waals surface area (Å²) < 4.78 is 26.7. The molecule has 7 heterocycles. The Morgan fingerprint density at radius 3 is 1.89 bits per heavy atom. The van der Waals surface area contributed by atoms with Crippen molar-refractivity contribution < 1.29 is 18.9 Å². The van der Waals surface area contributed by atoms with E-state index in [1.807, 2.05) is 29.3 Å². The van der Waals surface area contributed by atoms with Crippen LogP contribution in [0.15, 0.2) is 16.9 Å². The number of nitrogens with zero attached hydrogens (tertiary/aromatic N) is 12. The van der Waals surface area contributed by atoms with Crippen LogP contribution in [0.4, 0.5) is 23.5 Å². The Kier molecular flexibility index (Phi) is 12.6. The number of hydrogen-bond acceptors (Lipinski definition) is 17. The van der Waals surface area contributed by atoms with Gasteiger partial charge in [0.2, 0.25) is 11.9 Å². The van der Waals surface area contributed by atoms with Crippen molar-refractivity contribution in [1.29, 1.82) is 0 Å². The number of ether oxygens (including phenoxy) is 4. The van der Waals surface area contributed by atoms with Crippen molar-refractivity contribution in [3.05, 3.63) is 23.3 Å². The molecule has 0 spiro atoms. The first-order valence-corrected chi connectivity index (χ1v) is 19.3. The molecule has 298 valence electrons. The van der Waals surface area contributed by atoms with Crippen LogP contribution in [0.2, 0.25) is 0 Å². The average molecular weight is 762 g/mol. The zero-order valence-corrected chi connectivity index (χ0v) is 32.9. The molecule has 7 rings (SSSR count). The van der Waals surface area contributed by atoms with E-state index in [1.54, 1.807) is 20.4 Å². The molecule has 2 atom stereocenters. The molecule has 55 heavy (non-hydrogen) atoms. The van der Waals surface area contributed by atoms with Gasteiger partial charge in [0.25, 0.3) is 0 Å². The third-order valence-corrected chi connectivity index (χ3v) is 9.79. The molecule has 0 bridgehead atoms. The second kappa shape index (κ2) is 17.9. The number of piperazine rings is 2. The van der Waals surface area contributed by atoms with Gasteiger partial charge in [-0.25, -0.2) is 9.97 Å². The summed E-state index contributed by atoms with van der Waals surface area (Å²) in [5, 5.41) is 20.8. The first-order valence-electron chi connectivity index (χ1n) is 19.3. The molecule has 19 heteroatoms. The van der Waals surface area contributed by atoms with Crippen molar-refractivity contribution in [2.24, 2.45) is 4.99 Å². The highest BCUT2D eigenvalue weighted by molar-refractivity contribution is 5.94. The maximum atomic E-state index is 5.79. The predicted molar refractivity (Wildman–Crippen MR) is 212 cm³/mol. The summed E-state index contributed by atoms with van der Waals surface area (Å²) in [5.41, 5.74) is 4.46. The minimum atomic E-state index is 0.282. The van der Waals surface area contributed by atoms with E-state index in [-0.39, 0.29) is 12.1 Å². The van der Waals surface area contributed by atoms with Gasteiger partial charge in [0, 0.05) is 85.0 Å². The van der Waals surface area contributed by atoms with Gasteiger partial charge < -0.3 is 44.7 Å². The van der Waals surface area contributed by atoms with Crippen molar-refractivity contribution in [2.45, 2.75) is 66.1 Å². The van der Waals surface area contributed by atoms with Crippen molar-refractivity contribution in [2.75, 3.05) is 107 Å². The normalized spacial score (nSPS) is 19.2. The lowest BCUT2D eigenvalue weighted by molar-refractivity contribution is 0.136. The Labute approximate surface area is 321 Å². The molecule has 4 aromatic rings. The SMILES string of the molecule is CCOCCn1nc(COC)c2nc(N3CCN[C@H](C)C3)nc(NC3=CC=NCN3c3nc(N4CCN[C@H](C)C4)nc4c(COC)nn(CCOCC)c34)c21. The second-order valence-corrected chi connectivity index (χ2v) is 13.9. The van der Waals surface area contributed by atoms with Crippen LogP contribution in [0.1, 0.15) is 39.1 Å². The van der Waals surface area contributed by atoms with Gasteiger partial charge in [-0.3, -0.25) is 19.3 Å². The van der Waals surface area contributed by atoms with Crippen molar-refractivity contribution in [1.82, 2.24) is 50.1 Å². The highest BCUT2D eigenvalue weighted by Crippen LogP contribution is 2.34. The van der Waals surface area contributed by atoms with Gasteiger partial charge in [0.05, 0.1) is 39.5 Å². The van der Waals surface area contributed by atoms with Crippen molar-refractivity contribution in [3.63, 3.8) is 0 Å². The lowest BCUT2D eigenvalue weighted by atomic mass is 10.2. The highest BCUT2D eigenvalue weighted by Gasteiger charge is 2.30. The monoisotopic (exact) mass is 761 g/mol. The molecule has 3 aliphatic rings. The van der Waals surface area contributed by atoms with Crippen LogP contribution in [-0.2, 0) is 45.3 Å². The minimum absolute atomic E-state index is 0.282. The summed E-state index contributed by atoms with van der Waals surface area (Å²) >= 11 is 0. The van der Waals surface area contributed by atoms with Crippen molar-refractivity contribution >= 4 is 51.8 Å². The lowest BCUT2D eigenvalue weighted by Crippen LogP contribution is -2.50. The lowest BCUT2D eigenvalue weighted by Gasteiger charge is -2.33. The number of aromatic nitrogens is 8. The van der Waals surface area contributed by atoms with Gasteiger partial charge in [-0.15, -0.1) is 0 Å². The number of aliphatic imine (C=N–C) groups is 1. The molecule has 0 unspecified atom stereocenters. The fourth-order valence-corrected chi connectivity index (χ4v) is 7.24. The van der Waals surface area contributed by atoms with E-state index in [0.717, 1.165) is 78.5 Å². The van der Waals surface area contributed by atoms with Crippen LogP contribution in [-0.4, -0.2) is 144 Å². The van der Waals surface area contributed by atoms with Gasteiger partial charge in [-0.05, 0) is 33.8 Å². The molecule has 3 aliphatic heterocycles. The smallest absolute Gasteiger partial charge is 0.228 e. The Morgan fingerprint density at radius 1 is 0.764 bits per heavy atom. The standard InChI is InChI=1S/C36H55N15O4/c1-7-54-17-15-50-31-29(26(45-50)21-52-5)41-35(47-13-11-38-24(3)19-47)43-33(31)40-28-9-10-37-23-49(28)34-32-30(27(22-53-6)46-51(32)16-18-55-8-2)42-36(44-34)48-14-12-39-25(4)20-48/h9-10,24-25,38-39H,7-8,11-23H2,1-6H3,(H,40,41,43)/t24-,25-/m1/s1. The quantitative estimate of drug-likeness (QED) is 0.132. The molecule has 0 saturated carbocycles. The van der Waals surface area contributed by atoms with E-state index in [2.05, 4.69) is 44.5 Å². The number of anilines is 4. The van der Waals surface area contributed by atoms with Crippen LogP contribution < -0.4 is 30.7 Å². The third kappa shape index (κ3) is 8.51. The first kappa shape index (κ1) is 38.7. The molecule has 2 saturated heterocycles. The second-order valence-electron chi connectivity index (χ2n) is 13.9. The van der Waals surface area contributed by atoms with E-state index in [0.29, 0.717) is 82.9 Å². The van der Waals surface area contributed by atoms with Gasteiger partial charge in [0.1, 0.15) is 45.9 Å².